The van der Waals surface area contributed by atoms with Crippen LogP contribution in [0.25, 0.3) is 0 Å². The molecule has 2 N–H and O–H groups in total. The molecule has 2 aliphatic rings. The third-order valence-corrected chi connectivity index (χ3v) is 4.88. The van der Waals surface area contributed by atoms with Crippen LogP contribution < -0.4 is 10.6 Å². The SMILES string of the molecule is O=C(NCCc1ccc(C(F)(F)F)cc1)NC1CCC2(CC1)OCCO2. The summed E-state index contributed by atoms with van der Waals surface area (Å²) in [6.07, 6.45) is -0.726. The van der Waals surface area contributed by atoms with Gasteiger partial charge >= 0.3 is 12.2 Å². The Kier molecular flexibility index (Phi) is 5.72. The fourth-order valence-corrected chi connectivity index (χ4v) is 3.40. The van der Waals surface area contributed by atoms with Gasteiger partial charge in [0.25, 0.3) is 0 Å². The monoisotopic (exact) mass is 372 g/mol. The third kappa shape index (κ3) is 4.88. The minimum absolute atomic E-state index is 0.0829. The number of amides is 2. The summed E-state index contributed by atoms with van der Waals surface area (Å²) in [5.74, 6) is -0.447. The van der Waals surface area contributed by atoms with Crippen molar-refractivity contribution < 1.29 is 27.4 Å². The van der Waals surface area contributed by atoms with E-state index < -0.39 is 17.5 Å². The fourth-order valence-electron chi connectivity index (χ4n) is 3.40. The molecular weight excluding hydrogens is 349 g/mol. The van der Waals surface area contributed by atoms with Crippen molar-refractivity contribution in [2.45, 2.75) is 50.1 Å². The van der Waals surface area contributed by atoms with Crippen molar-refractivity contribution in [2.24, 2.45) is 0 Å². The van der Waals surface area contributed by atoms with E-state index in [0.29, 0.717) is 26.2 Å². The van der Waals surface area contributed by atoms with Crippen LogP contribution in [0.1, 0.15) is 36.8 Å². The predicted molar refractivity (Wildman–Crippen MR) is 88.6 cm³/mol. The first-order chi connectivity index (χ1) is 12.4. The largest absolute Gasteiger partial charge is 0.416 e. The Morgan fingerprint density at radius 3 is 2.31 bits per heavy atom. The Bertz CT molecular complexity index is 603. The molecule has 0 atom stereocenters. The van der Waals surface area contributed by atoms with E-state index in [0.717, 1.165) is 43.4 Å². The summed E-state index contributed by atoms with van der Waals surface area (Å²) >= 11 is 0. The van der Waals surface area contributed by atoms with Crippen LogP contribution in [-0.2, 0) is 22.1 Å². The minimum Gasteiger partial charge on any atom is -0.348 e. The van der Waals surface area contributed by atoms with Crippen LogP contribution in [0.4, 0.5) is 18.0 Å². The van der Waals surface area contributed by atoms with Crippen molar-refractivity contribution in [3.8, 4) is 0 Å². The van der Waals surface area contributed by atoms with E-state index >= 15 is 0 Å². The van der Waals surface area contributed by atoms with Crippen LogP contribution in [0.3, 0.4) is 0 Å². The topological polar surface area (TPSA) is 59.6 Å². The van der Waals surface area contributed by atoms with Crippen molar-refractivity contribution in [2.75, 3.05) is 19.8 Å². The molecule has 1 heterocycles. The zero-order valence-electron chi connectivity index (χ0n) is 14.4. The first-order valence-electron chi connectivity index (χ1n) is 8.85. The van der Waals surface area contributed by atoms with E-state index in [1.807, 2.05) is 0 Å². The number of carbonyl (C=O) groups is 1. The van der Waals surface area contributed by atoms with Gasteiger partial charge in [0, 0.05) is 25.4 Å². The van der Waals surface area contributed by atoms with Gasteiger partial charge in [0.05, 0.1) is 18.8 Å². The molecule has 8 heteroatoms. The highest BCUT2D eigenvalue weighted by Gasteiger charge is 2.40. The van der Waals surface area contributed by atoms with Gasteiger partial charge in [-0.1, -0.05) is 12.1 Å². The van der Waals surface area contributed by atoms with E-state index in [1.165, 1.54) is 12.1 Å². The van der Waals surface area contributed by atoms with Gasteiger partial charge in [0.15, 0.2) is 5.79 Å². The fraction of sp³-hybridized carbons (Fsp3) is 0.611. The van der Waals surface area contributed by atoms with Crippen LogP contribution in [0.5, 0.6) is 0 Å². The second kappa shape index (κ2) is 7.84. The van der Waals surface area contributed by atoms with Gasteiger partial charge in [-0.05, 0) is 37.0 Å². The lowest BCUT2D eigenvalue weighted by molar-refractivity contribution is -0.179. The lowest BCUT2D eigenvalue weighted by Crippen LogP contribution is -2.47. The van der Waals surface area contributed by atoms with Crippen molar-refractivity contribution >= 4 is 6.03 Å². The Labute approximate surface area is 150 Å². The number of hydrogen-bond donors (Lipinski definition) is 2. The maximum absolute atomic E-state index is 12.5. The predicted octanol–water partition coefficient (Wildman–Crippen LogP) is 3.23. The van der Waals surface area contributed by atoms with E-state index in [2.05, 4.69) is 10.6 Å². The van der Waals surface area contributed by atoms with Gasteiger partial charge in [-0.15, -0.1) is 0 Å². The van der Waals surface area contributed by atoms with E-state index in [-0.39, 0.29) is 12.1 Å². The van der Waals surface area contributed by atoms with Crippen molar-refractivity contribution in [3.05, 3.63) is 35.4 Å². The number of halogens is 3. The van der Waals surface area contributed by atoms with E-state index in [4.69, 9.17) is 9.47 Å². The molecular formula is C18H23F3N2O3. The standard InChI is InChI=1S/C18H23F3N2O3/c19-18(20,21)14-3-1-13(2-4-14)7-10-22-16(24)23-15-5-8-17(9-6-15)25-11-12-26-17/h1-4,15H,5-12H2,(H2,22,23,24). The molecule has 144 valence electrons. The molecule has 1 saturated heterocycles. The zero-order valence-corrected chi connectivity index (χ0v) is 14.4. The molecule has 1 spiro atoms. The van der Waals surface area contributed by atoms with Crippen LogP contribution in [0.2, 0.25) is 0 Å². The molecule has 5 nitrogen and oxygen atoms in total. The lowest BCUT2D eigenvalue weighted by atomic mass is 9.90. The summed E-state index contributed by atoms with van der Waals surface area (Å²) in [4.78, 5) is 12.0. The minimum atomic E-state index is -4.33. The second-order valence-electron chi connectivity index (χ2n) is 6.73. The number of urea groups is 1. The zero-order chi connectivity index (χ0) is 18.6. The number of rotatable bonds is 4. The summed E-state index contributed by atoms with van der Waals surface area (Å²) in [5.41, 5.74) is 0.0747. The van der Waals surface area contributed by atoms with Crippen LogP contribution in [0.15, 0.2) is 24.3 Å². The Hall–Kier alpha value is -1.80. The average Bonchev–Trinajstić information content (AvgIpc) is 3.05. The Morgan fingerprint density at radius 2 is 1.73 bits per heavy atom. The number of nitrogens with one attached hydrogen (secondary N) is 2. The van der Waals surface area contributed by atoms with Crippen molar-refractivity contribution in [3.63, 3.8) is 0 Å². The highest BCUT2D eigenvalue weighted by Crippen LogP contribution is 2.35. The molecule has 2 fully saturated rings. The smallest absolute Gasteiger partial charge is 0.348 e. The maximum Gasteiger partial charge on any atom is 0.416 e. The average molecular weight is 372 g/mol. The highest BCUT2D eigenvalue weighted by molar-refractivity contribution is 5.74. The Morgan fingerprint density at radius 1 is 1.12 bits per heavy atom. The third-order valence-electron chi connectivity index (χ3n) is 4.88. The molecule has 1 aliphatic carbocycles. The molecule has 1 aromatic rings. The van der Waals surface area contributed by atoms with Gasteiger partial charge in [-0.2, -0.15) is 13.2 Å². The molecule has 1 saturated carbocycles. The summed E-state index contributed by atoms with van der Waals surface area (Å²) in [7, 11) is 0. The second-order valence-corrected chi connectivity index (χ2v) is 6.73. The highest BCUT2D eigenvalue weighted by atomic mass is 19.4. The summed E-state index contributed by atoms with van der Waals surface area (Å²) in [6, 6.07) is 4.81. The quantitative estimate of drug-likeness (QED) is 0.853. The van der Waals surface area contributed by atoms with Gasteiger partial charge in [-0.25, -0.2) is 4.79 Å². The number of alkyl halides is 3. The maximum atomic E-state index is 12.5. The van der Waals surface area contributed by atoms with Crippen molar-refractivity contribution in [1.29, 1.82) is 0 Å². The molecule has 0 aromatic heterocycles. The molecule has 0 unspecified atom stereocenters. The molecule has 0 bridgehead atoms. The Balaban J connectivity index is 1.35. The molecule has 1 aromatic carbocycles. The molecule has 0 radical (unpaired) electrons. The molecule has 3 rings (SSSR count). The van der Waals surface area contributed by atoms with Crippen molar-refractivity contribution in [1.82, 2.24) is 10.6 Å². The normalized spacial score (nSPS) is 20.3. The molecule has 2 amide bonds. The van der Waals surface area contributed by atoms with Gasteiger partial charge in [0.1, 0.15) is 0 Å². The summed E-state index contributed by atoms with van der Waals surface area (Å²) in [5, 5.41) is 5.68. The van der Waals surface area contributed by atoms with E-state index in [9.17, 15) is 18.0 Å². The van der Waals surface area contributed by atoms with Crippen LogP contribution in [-0.4, -0.2) is 37.6 Å². The number of benzene rings is 1. The van der Waals surface area contributed by atoms with Crippen LogP contribution in [0, 0.1) is 0 Å². The van der Waals surface area contributed by atoms with E-state index in [1.54, 1.807) is 0 Å². The molecule has 1 aliphatic heterocycles. The lowest BCUT2D eigenvalue weighted by Gasteiger charge is -2.35. The number of ether oxygens (including phenoxy) is 2. The number of carbonyl (C=O) groups excluding carboxylic acids is 1. The van der Waals surface area contributed by atoms with Crippen LogP contribution >= 0.6 is 0 Å². The summed E-state index contributed by atoms with van der Waals surface area (Å²) < 4.78 is 48.9. The van der Waals surface area contributed by atoms with Gasteiger partial charge in [0.2, 0.25) is 0 Å². The summed E-state index contributed by atoms with van der Waals surface area (Å²) in [6.45, 7) is 1.62. The van der Waals surface area contributed by atoms with Gasteiger partial charge in [-0.3, -0.25) is 0 Å². The first-order valence-corrected chi connectivity index (χ1v) is 8.85. The van der Waals surface area contributed by atoms with Gasteiger partial charge < -0.3 is 20.1 Å². The molecule has 26 heavy (non-hydrogen) atoms. The first kappa shape index (κ1) is 19.0. The number of hydrogen-bond acceptors (Lipinski definition) is 3.